The lowest BCUT2D eigenvalue weighted by Gasteiger charge is -2.34. The summed E-state index contributed by atoms with van der Waals surface area (Å²) in [4.78, 5) is 9.96. The van der Waals surface area contributed by atoms with Crippen molar-refractivity contribution < 1.29 is 4.74 Å². The number of nitrogens with one attached hydrogen (secondary N) is 2. The van der Waals surface area contributed by atoms with Gasteiger partial charge in [0, 0.05) is 38.8 Å². The van der Waals surface area contributed by atoms with Crippen LogP contribution in [0.1, 0.15) is 47.0 Å². The van der Waals surface area contributed by atoms with Crippen LogP contribution in [-0.2, 0) is 4.74 Å². The molecule has 0 radical (unpaired) electrons. The normalized spacial score (nSPS) is 25.3. The third-order valence-corrected chi connectivity index (χ3v) is 5.30. The molecule has 0 spiro atoms. The Morgan fingerprint density at radius 3 is 2.70 bits per heavy atom. The standard InChI is InChI=1S/C20H41N5O.HI/c1-5-21-20(22-13-18-9-7-8-10-25(18)6-2)23-14-19-16-24(11-12-26-19)15-17(3)4;/h17-19H,5-16H2,1-4H3,(H2,21,22,23);1H. The zero-order chi connectivity index (χ0) is 18.8. The van der Waals surface area contributed by atoms with Gasteiger partial charge in [0.05, 0.1) is 19.3 Å². The number of guanidine groups is 1. The molecular formula is C20H42IN5O. The van der Waals surface area contributed by atoms with Crippen molar-refractivity contribution >= 4 is 29.9 Å². The maximum absolute atomic E-state index is 5.95. The van der Waals surface area contributed by atoms with Crippen molar-refractivity contribution in [1.82, 2.24) is 20.4 Å². The molecule has 2 heterocycles. The van der Waals surface area contributed by atoms with Crippen LogP contribution >= 0.6 is 24.0 Å². The summed E-state index contributed by atoms with van der Waals surface area (Å²) >= 11 is 0. The number of morpholine rings is 1. The summed E-state index contributed by atoms with van der Waals surface area (Å²) in [5.74, 6) is 1.64. The predicted octanol–water partition coefficient (Wildman–Crippen LogP) is 2.39. The smallest absolute Gasteiger partial charge is 0.191 e. The van der Waals surface area contributed by atoms with Gasteiger partial charge in [0.25, 0.3) is 0 Å². The monoisotopic (exact) mass is 495 g/mol. The molecule has 2 fully saturated rings. The Morgan fingerprint density at radius 1 is 1.19 bits per heavy atom. The molecule has 2 N–H and O–H groups in total. The molecule has 2 aliphatic heterocycles. The van der Waals surface area contributed by atoms with E-state index in [2.05, 4.69) is 48.1 Å². The highest BCUT2D eigenvalue weighted by Crippen LogP contribution is 2.16. The predicted molar refractivity (Wildman–Crippen MR) is 125 cm³/mol. The van der Waals surface area contributed by atoms with E-state index in [1.165, 1.54) is 25.8 Å². The van der Waals surface area contributed by atoms with Gasteiger partial charge in [-0.25, -0.2) is 0 Å². The molecule has 0 aromatic carbocycles. The van der Waals surface area contributed by atoms with Gasteiger partial charge >= 0.3 is 0 Å². The largest absolute Gasteiger partial charge is 0.374 e. The van der Waals surface area contributed by atoms with Crippen LogP contribution < -0.4 is 10.6 Å². The lowest BCUT2D eigenvalue weighted by atomic mass is 10.0. The molecule has 0 bridgehead atoms. The quantitative estimate of drug-likeness (QED) is 0.308. The number of nitrogens with zero attached hydrogens (tertiary/aromatic N) is 3. The average molecular weight is 495 g/mol. The molecule has 0 saturated carbocycles. The number of ether oxygens (including phenoxy) is 1. The zero-order valence-corrected chi connectivity index (χ0v) is 20.2. The lowest BCUT2D eigenvalue weighted by molar-refractivity contribution is -0.0284. The molecule has 7 heteroatoms. The molecule has 2 rings (SSSR count). The molecule has 27 heavy (non-hydrogen) atoms. The minimum absolute atomic E-state index is 0. The Balaban J connectivity index is 0.00000364. The maximum Gasteiger partial charge on any atom is 0.191 e. The van der Waals surface area contributed by atoms with Crippen molar-refractivity contribution in [3.05, 3.63) is 0 Å². The van der Waals surface area contributed by atoms with Gasteiger partial charge in [-0.2, -0.15) is 0 Å². The van der Waals surface area contributed by atoms with E-state index < -0.39 is 0 Å². The number of hydrogen-bond acceptors (Lipinski definition) is 4. The van der Waals surface area contributed by atoms with Gasteiger partial charge in [0.1, 0.15) is 0 Å². The van der Waals surface area contributed by atoms with Crippen LogP contribution in [0.15, 0.2) is 4.99 Å². The first-order valence-electron chi connectivity index (χ1n) is 10.7. The van der Waals surface area contributed by atoms with E-state index in [-0.39, 0.29) is 30.1 Å². The van der Waals surface area contributed by atoms with E-state index in [9.17, 15) is 0 Å². The van der Waals surface area contributed by atoms with Crippen LogP contribution in [0.25, 0.3) is 0 Å². The summed E-state index contributed by atoms with van der Waals surface area (Å²) < 4.78 is 5.95. The molecule has 2 saturated heterocycles. The number of likely N-dealkylation sites (tertiary alicyclic amines) is 1. The van der Waals surface area contributed by atoms with Gasteiger partial charge < -0.3 is 15.4 Å². The molecule has 0 aromatic heterocycles. The van der Waals surface area contributed by atoms with Crippen molar-refractivity contribution in [2.75, 3.05) is 59.0 Å². The number of hydrogen-bond donors (Lipinski definition) is 2. The van der Waals surface area contributed by atoms with Gasteiger partial charge in [0.15, 0.2) is 5.96 Å². The summed E-state index contributed by atoms with van der Waals surface area (Å²) in [6.45, 7) is 17.9. The van der Waals surface area contributed by atoms with Crippen LogP contribution in [0.3, 0.4) is 0 Å². The Bertz CT molecular complexity index is 421. The third-order valence-electron chi connectivity index (χ3n) is 5.30. The van der Waals surface area contributed by atoms with Crippen LogP contribution in [-0.4, -0.2) is 86.9 Å². The highest BCUT2D eigenvalue weighted by Gasteiger charge is 2.22. The van der Waals surface area contributed by atoms with Crippen LogP contribution in [0.2, 0.25) is 0 Å². The number of piperidine rings is 1. The highest BCUT2D eigenvalue weighted by atomic mass is 127. The maximum atomic E-state index is 5.95. The van der Waals surface area contributed by atoms with Crippen molar-refractivity contribution in [2.45, 2.75) is 59.1 Å². The van der Waals surface area contributed by atoms with Crippen LogP contribution in [0.5, 0.6) is 0 Å². The minimum atomic E-state index is 0. The molecule has 2 unspecified atom stereocenters. The third kappa shape index (κ3) is 9.28. The molecule has 0 aromatic rings. The second-order valence-corrected chi connectivity index (χ2v) is 8.02. The lowest BCUT2D eigenvalue weighted by Crippen LogP contribution is -2.50. The molecule has 160 valence electrons. The molecule has 6 nitrogen and oxygen atoms in total. The fourth-order valence-corrected chi connectivity index (χ4v) is 4.02. The van der Waals surface area contributed by atoms with Crippen molar-refractivity contribution in [3.63, 3.8) is 0 Å². The van der Waals surface area contributed by atoms with Gasteiger partial charge in [-0.3, -0.25) is 14.8 Å². The van der Waals surface area contributed by atoms with Gasteiger partial charge in [-0.1, -0.05) is 27.2 Å². The first kappa shape index (κ1) is 24.9. The van der Waals surface area contributed by atoms with E-state index in [0.29, 0.717) is 12.0 Å². The van der Waals surface area contributed by atoms with Crippen LogP contribution in [0, 0.1) is 5.92 Å². The minimum Gasteiger partial charge on any atom is -0.374 e. The Labute approximate surface area is 183 Å². The molecule has 0 amide bonds. The highest BCUT2D eigenvalue weighted by molar-refractivity contribution is 14.0. The summed E-state index contributed by atoms with van der Waals surface area (Å²) in [5, 5.41) is 6.89. The molecule has 2 atom stereocenters. The van der Waals surface area contributed by atoms with E-state index in [1.807, 2.05) is 0 Å². The van der Waals surface area contributed by atoms with Gasteiger partial charge in [0.2, 0.25) is 0 Å². The first-order chi connectivity index (χ1) is 12.6. The van der Waals surface area contributed by atoms with Crippen molar-refractivity contribution in [1.29, 1.82) is 0 Å². The second-order valence-electron chi connectivity index (χ2n) is 8.02. The molecule has 2 aliphatic rings. The number of aliphatic imine (C=N–C) groups is 1. The van der Waals surface area contributed by atoms with Gasteiger partial charge in [-0.05, 0) is 38.8 Å². The van der Waals surface area contributed by atoms with Crippen molar-refractivity contribution in [2.24, 2.45) is 10.9 Å². The first-order valence-corrected chi connectivity index (χ1v) is 10.7. The fourth-order valence-electron chi connectivity index (χ4n) is 4.02. The average Bonchev–Trinajstić information content (AvgIpc) is 2.64. The Hall–Kier alpha value is -0.120. The van der Waals surface area contributed by atoms with Crippen LogP contribution in [0.4, 0.5) is 0 Å². The molecular weight excluding hydrogens is 453 g/mol. The Kier molecular flexibility index (Phi) is 12.9. The summed E-state index contributed by atoms with van der Waals surface area (Å²) in [6.07, 6.45) is 4.18. The summed E-state index contributed by atoms with van der Waals surface area (Å²) in [5.41, 5.74) is 0. The summed E-state index contributed by atoms with van der Waals surface area (Å²) in [6, 6.07) is 0.594. The van der Waals surface area contributed by atoms with E-state index in [0.717, 1.165) is 58.4 Å². The Morgan fingerprint density at radius 2 is 2.00 bits per heavy atom. The van der Waals surface area contributed by atoms with Crippen molar-refractivity contribution in [3.8, 4) is 0 Å². The van der Waals surface area contributed by atoms with E-state index in [1.54, 1.807) is 0 Å². The van der Waals surface area contributed by atoms with E-state index >= 15 is 0 Å². The number of rotatable bonds is 8. The number of likely N-dealkylation sites (N-methyl/N-ethyl adjacent to an activating group) is 1. The number of halogens is 1. The second kappa shape index (κ2) is 14.0. The topological polar surface area (TPSA) is 52.1 Å². The van der Waals surface area contributed by atoms with Gasteiger partial charge in [-0.15, -0.1) is 24.0 Å². The SMILES string of the molecule is CCNC(=NCC1CCCCN1CC)NCC1CN(CC(C)C)CCO1.I. The van der Waals surface area contributed by atoms with E-state index in [4.69, 9.17) is 9.73 Å². The molecule has 0 aliphatic carbocycles. The zero-order valence-electron chi connectivity index (χ0n) is 17.9. The summed E-state index contributed by atoms with van der Waals surface area (Å²) in [7, 11) is 0. The fraction of sp³-hybridized carbons (Fsp3) is 0.950.